The monoisotopic (exact) mass is 276 g/mol. The fourth-order valence-electron chi connectivity index (χ4n) is 1.48. The van der Waals surface area contributed by atoms with Crippen LogP contribution in [0.3, 0.4) is 0 Å². The maximum atomic E-state index is 12.7. The summed E-state index contributed by atoms with van der Waals surface area (Å²) in [6.07, 6.45) is 0.962. The first kappa shape index (κ1) is 13.4. The largest absolute Gasteiger partial charge is 0.383 e. The van der Waals surface area contributed by atoms with Crippen LogP contribution in [0.4, 0.5) is 21.6 Å². The van der Waals surface area contributed by atoms with Crippen LogP contribution in [0.5, 0.6) is 0 Å². The highest BCUT2D eigenvalue weighted by Gasteiger charge is 2.16. The molecule has 20 heavy (non-hydrogen) atoms. The molecule has 1 heterocycles. The number of nitrogen functional groups attached to an aromatic ring is 1. The van der Waals surface area contributed by atoms with Crippen LogP contribution >= 0.6 is 0 Å². The lowest BCUT2D eigenvalue weighted by atomic mass is 10.2. The van der Waals surface area contributed by atoms with E-state index in [9.17, 15) is 19.3 Å². The van der Waals surface area contributed by atoms with Gasteiger partial charge >= 0.3 is 0 Å². The lowest BCUT2D eigenvalue weighted by molar-refractivity contribution is -0.385. The van der Waals surface area contributed by atoms with Crippen molar-refractivity contribution >= 4 is 23.1 Å². The van der Waals surface area contributed by atoms with Crippen LogP contribution < -0.4 is 11.1 Å². The van der Waals surface area contributed by atoms with Crippen molar-refractivity contribution in [1.82, 2.24) is 4.98 Å². The van der Waals surface area contributed by atoms with Crippen LogP contribution in [0.15, 0.2) is 36.5 Å². The number of anilines is 2. The zero-order valence-corrected chi connectivity index (χ0v) is 10.0. The average molecular weight is 276 g/mol. The minimum Gasteiger partial charge on any atom is -0.383 e. The van der Waals surface area contributed by atoms with Gasteiger partial charge in [0.05, 0.1) is 10.5 Å². The summed E-state index contributed by atoms with van der Waals surface area (Å²) < 4.78 is 12.7. The molecule has 0 aliphatic carbocycles. The molecule has 0 unspecified atom stereocenters. The van der Waals surface area contributed by atoms with Crippen molar-refractivity contribution in [2.75, 3.05) is 11.1 Å². The molecule has 0 saturated heterocycles. The normalized spacial score (nSPS) is 10.1. The molecule has 1 aromatic carbocycles. The number of hydrogen-bond acceptors (Lipinski definition) is 5. The third-order valence-electron chi connectivity index (χ3n) is 2.46. The molecule has 1 amide bonds. The van der Waals surface area contributed by atoms with Crippen molar-refractivity contribution in [3.8, 4) is 0 Å². The van der Waals surface area contributed by atoms with E-state index in [-0.39, 0.29) is 17.1 Å². The molecule has 2 aromatic rings. The molecule has 0 aliphatic rings. The Morgan fingerprint density at radius 1 is 1.35 bits per heavy atom. The second-order valence-corrected chi connectivity index (χ2v) is 3.84. The van der Waals surface area contributed by atoms with Crippen molar-refractivity contribution in [3.05, 3.63) is 58.0 Å². The van der Waals surface area contributed by atoms with Gasteiger partial charge in [-0.15, -0.1) is 0 Å². The lowest BCUT2D eigenvalue weighted by Gasteiger charge is -2.06. The second kappa shape index (κ2) is 5.31. The summed E-state index contributed by atoms with van der Waals surface area (Å²) in [6, 6.07) is 6.08. The third kappa shape index (κ3) is 2.86. The fraction of sp³-hybridized carbons (Fsp3) is 0. The number of nitrogens with one attached hydrogen (secondary N) is 1. The standard InChI is InChI=1S/C12H9FN4O3/c13-7-1-3-8(4-2-7)16-12(18)10-5-9(17(19)20)6-15-11(10)14/h1-6H,(H2,14,15)(H,16,18). The van der Waals surface area contributed by atoms with Crippen molar-refractivity contribution in [2.45, 2.75) is 0 Å². The molecule has 3 N–H and O–H groups in total. The zero-order chi connectivity index (χ0) is 14.7. The first-order valence-corrected chi connectivity index (χ1v) is 5.44. The number of halogens is 1. The van der Waals surface area contributed by atoms with E-state index >= 15 is 0 Å². The van der Waals surface area contributed by atoms with Crippen molar-refractivity contribution in [3.63, 3.8) is 0 Å². The summed E-state index contributed by atoms with van der Waals surface area (Å²) in [5.74, 6) is -1.24. The van der Waals surface area contributed by atoms with Gasteiger partial charge < -0.3 is 11.1 Å². The topological polar surface area (TPSA) is 111 Å². The van der Waals surface area contributed by atoms with Crippen molar-refractivity contribution in [1.29, 1.82) is 0 Å². The Labute approximate surface area is 112 Å². The highest BCUT2D eigenvalue weighted by atomic mass is 19.1. The number of nitrogens with two attached hydrogens (primary N) is 1. The van der Waals surface area contributed by atoms with E-state index in [2.05, 4.69) is 10.3 Å². The molecule has 102 valence electrons. The number of nitro groups is 1. The molecule has 0 fully saturated rings. The van der Waals surface area contributed by atoms with Gasteiger partial charge in [-0.05, 0) is 24.3 Å². The maximum absolute atomic E-state index is 12.7. The van der Waals surface area contributed by atoms with Gasteiger partial charge in [0.1, 0.15) is 17.8 Å². The van der Waals surface area contributed by atoms with Gasteiger partial charge in [-0.2, -0.15) is 0 Å². The highest BCUT2D eigenvalue weighted by Crippen LogP contribution is 2.18. The molecule has 8 heteroatoms. The summed E-state index contributed by atoms with van der Waals surface area (Å²) >= 11 is 0. The molecule has 0 saturated carbocycles. The Balaban J connectivity index is 2.26. The molecular formula is C12H9FN4O3. The van der Waals surface area contributed by atoms with Crippen LogP contribution in [0.1, 0.15) is 10.4 Å². The van der Waals surface area contributed by atoms with Gasteiger partial charge in [-0.3, -0.25) is 14.9 Å². The second-order valence-electron chi connectivity index (χ2n) is 3.84. The number of amides is 1. The summed E-state index contributed by atoms with van der Waals surface area (Å²) in [4.78, 5) is 25.5. The van der Waals surface area contributed by atoms with Crippen LogP contribution in [-0.2, 0) is 0 Å². The highest BCUT2D eigenvalue weighted by molar-refractivity contribution is 6.07. The van der Waals surface area contributed by atoms with Crippen LogP contribution in [0, 0.1) is 15.9 Å². The number of nitrogens with zero attached hydrogens (tertiary/aromatic N) is 2. The minimum atomic E-state index is -0.679. The van der Waals surface area contributed by atoms with Gasteiger partial charge in [0, 0.05) is 11.8 Å². The summed E-state index contributed by atoms with van der Waals surface area (Å²) in [7, 11) is 0. The number of rotatable bonds is 3. The van der Waals surface area contributed by atoms with E-state index in [0.717, 1.165) is 12.3 Å². The Morgan fingerprint density at radius 3 is 2.60 bits per heavy atom. The molecule has 2 rings (SSSR count). The molecule has 1 aromatic heterocycles. The van der Waals surface area contributed by atoms with E-state index in [4.69, 9.17) is 5.73 Å². The van der Waals surface area contributed by atoms with Gasteiger partial charge in [0.15, 0.2) is 0 Å². The molecule has 7 nitrogen and oxygen atoms in total. The fourth-order valence-corrected chi connectivity index (χ4v) is 1.48. The molecule has 0 aliphatic heterocycles. The summed E-state index contributed by atoms with van der Waals surface area (Å²) in [6.45, 7) is 0. The maximum Gasteiger partial charge on any atom is 0.288 e. The number of benzene rings is 1. The summed E-state index contributed by atoms with van der Waals surface area (Å²) in [5, 5.41) is 13.1. The first-order valence-electron chi connectivity index (χ1n) is 5.44. The van der Waals surface area contributed by atoms with Crippen LogP contribution in [0.2, 0.25) is 0 Å². The van der Waals surface area contributed by atoms with E-state index in [1.54, 1.807) is 0 Å². The predicted octanol–water partition coefficient (Wildman–Crippen LogP) is 1.96. The smallest absolute Gasteiger partial charge is 0.288 e. The number of hydrogen-bond donors (Lipinski definition) is 2. The SMILES string of the molecule is Nc1ncc([N+](=O)[O-])cc1C(=O)Nc1ccc(F)cc1. The molecular weight excluding hydrogens is 267 g/mol. The van der Waals surface area contributed by atoms with Crippen molar-refractivity contribution in [2.24, 2.45) is 0 Å². The minimum absolute atomic E-state index is 0.122. The van der Waals surface area contributed by atoms with E-state index in [1.807, 2.05) is 0 Å². The number of carbonyl (C=O) groups excluding carboxylic acids is 1. The zero-order valence-electron chi connectivity index (χ0n) is 10.0. The number of aromatic nitrogens is 1. The molecule has 0 atom stereocenters. The van der Waals surface area contributed by atoms with E-state index < -0.39 is 16.6 Å². The van der Waals surface area contributed by atoms with Gasteiger partial charge in [-0.1, -0.05) is 0 Å². The Morgan fingerprint density at radius 2 is 2.00 bits per heavy atom. The summed E-state index contributed by atoms with van der Waals surface area (Å²) in [5.41, 5.74) is 5.38. The van der Waals surface area contributed by atoms with Gasteiger partial charge in [0.25, 0.3) is 11.6 Å². The van der Waals surface area contributed by atoms with Crippen LogP contribution in [-0.4, -0.2) is 15.8 Å². The van der Waals surface area contributed by atoms with Gasteiger partial charge in [-0.25, -0.2) is 9.37 Å². The number of carbonyl (C=O) groups is 1. The molecule has 0 spiro atoms. The number of pyridine rings is 1. The third-order valence-corrected chi connectivity index (χ3v) is 2.46. The van der Waals surface area contributed by atoms with Crippen LogP contribution in [0.25, 0.3) is 0 Å². The first-order chi connectivity index (χ1) is 9.47. The van der Waals surface area contributed by atoms with E-state index in [0.29, 0.717) is 5.69 Å². The average Bonchev–Trinajstić information content (AvgIpc) is 2.41. The Kier molecular flexibility index (Phi) is 3.56. The quantitative estimate of drug-likeness (QED) is 0.657. The molecule has 0 bridgehead atoms. The Bertz CT molecular complexity index is 673. The molecule has 0 radical (unpaired) electrons. The predicted molar refractivity (Wildman–Crippen MR) is 69.7 cm³/mol. The van der Waals surface area contributed by atoms with Crippen molar-refractivity contribution < 1.29 is 14.1 Å². The van der Waals surface area contributed by atoms with Gasteiger partial charge in [0.2, 0.25) is 0 Å². The van der Waals surface area contributed by atoms with E-state index in [1.165, 1.54) is 24.3 Å². The lowest BCUT2D eigenvalue weighted by Crippen LogP contribution is -2.15. The Hall–Kier alpha value is -3.03.